The van der Waals surface area contributed by atoms with Gasteiger partial charge in [0.2, 0.25) is 0 Å². The van der Waals surface area contributed by atoms with Gasteiger partial charge < -0.3 is 9.73 Å². The highest BCUT2D eigenvalue weighted by molar-refractivity contribution is 6.11. The third-order valence-electron chi connectivity index (χ3n) is 5.49. The van der Waals surface area contributed by atoms with Crippen LogP contribution in [0.25, 0.3) is 0 Å². The lowest BCUT2D eigenvalue weighted by Gasteiger charge is -2.32. The maximum atomic E-state index is 13.7. The van der Waals surface area contributed by atoms with E-state index in [0.717, 1.165) is 29.9 Å². The highest BCUT2D eigenvalue weighted by Crippen LogP contribution is 2.45. The lowest BCUT2D eigenvalue weighted by molar-refractivity contribution is -0.116. The molecule has 144 valence electrons. The first-order valence-electron chi connectivity index (χ1n) is 9.78. The Balaban J connectivity index is 1.77. The topological polar surface area (TPSA) is 62.6 Å². The summed E-state index contributed by atoms with van der Waals surface area (Å²) in [5, 5.41) is 3.44. The second kappa shape index (κ2) is 7.09. The number of amides is 1. The highest BCUT2D eigenvalue weighted by atomic mass is 16.3. The molecule has 5 nitrogen and oxygen atoms in total. The number of nitrogens with one attached hydrogen (secondary N) is 1. The minimum absolute atomic E-state index is 0.0545. The number of furan rings is 1. The molecule has 1 aliphatic heterocycles. The predicted molar refractivity (Wildman–Crippen MR) is 111 cm³/mol. The largest absolute Gasteiger partial charge is 0.467 e. The smallest absolute Gasteiger partial charge is 0.259 e. The van der Waals surface area contributed by atoms with Crippen LogP contribution in [0.4, 0.5) is 11.4 Å². The van der Waals surface area contributed by atoms with Crippen LogP contribution in [0.15, 0.2) is 88.7 Å². The number of anilines is 2. The van der Waals surface area contributed by atoms with Gasteiger partial charge in [-0.2, -0.15) is 0 Å². The van der Waals surface area contributed by atoms with Crippen LogP contribution in [0.3, 0.4) is 0 Å². The quantitative estimate of drug-likeness (QED) is 0.668. The number of allylic oxidation sites excluding steroid dienone is 1. The molecule has 1 amide bonds. The molecule has 5 rings (SSSR count). The van der Waals surface area contributed by atoms with Crippen molar-refractivity contribution in [3.05, 3.63) is 95.6 Å². The van der Waals surface area contributed by atoms with Crippen molar-refractivity contribution in [2.24, 2.45) is 0 Å². The normalized spacial score (nSPS) is 18.6. The number of hydrogen-bond donors (Lipinski definition) is 1. The predicted octanol–water partition coefficient (Wildman–Crippen LogP) is 5.10. The number of nitrogens with zero attached hydrogens (tertiary/aromatic N) is 1. The number of carbonyl (C=O) groups excluding carboxylic acids is 2. The van der Waals surface area contributed by atoms with Crippen LogP contribution in [0.1, 0.15) is 41.4 Å². The Hall–Kier alpha value is -3.60. The van der Waals surface area contributed by atoms with Gasteiger partial charge in [0.15, 0.2) is 5.78 Å². The van der Waals surface area contributed by atoms with Crippen LogP contribution < -0.4 is 10.2 Å². The Bertz CT molecular complexity index is 1100. The lowest BCUT2D eigenvalue weighted by atomic mass is 9.88. The molecule has 2 aliphatic rings. The molecular formula is C24H20N2O3. The molecule has 3 aromatic rings. The van der Waals surface area contributed by atoms with Crippen molar-refractivity contribution in [2.45, 2.75) is 25.3 Å². The summed E-state index contributed by atoms with van der Waals surface area (Å²) in [6.07, 6.45) is 3.62. The van der Waals surface area contributed by atoms with E-state index in [1.807, 2.05) is 48.5 Å². The third kappa shape index (κ3) is 2.95. The molecule has 1 atom stereocenters. The summed E-state index contributed by atoms with van der Waals surface area (Å²) in [6.45, 7) is 0. The van der Waals surface area contributed by atoms with Crippen molar-refractivity contribution < 1.29 is 14.0 Å². The summed E-state index contributed by atoms with van der Waals surface area (Å²) in [5.41, 5.74) is 3.59. The molecule has 0 spiro atoms. The number of hydrogen-bond acceptors (Lipinski definition) is 4. The van der Waals surface area contributed by atoms with Crippen LogP contribution in [-0.2, 0) is 4.79 Å². The third-order valence-corrected chi connectivity index (χ3v) is 5.49. The average molecular weight is 384 g/mol. The van der Waals surface area contributed by atoms with Crippen LogP contribution >= 0.6 is 0 Å². The molecule has 5 heteroatoms. The van der Waals surface area contributed by atoms with Crippen molar-refractivity contribution in [3.63, 3.8) is 0 Å². The molecular weight excluding hydrogens is 364 g/mol. The molecule has 2 aromatic carbocycles. The van der Waals surface area contributed by atoms with E-state index >= 15 is 0 Å². The summed E-state index contributed by atoms with van der Waals surface area (Å²) in [5.74, 6) is 0.461. The number of para-hydroxylation sites is 2. The Morgan fingerprint density at radius 3 is 2.55 bits per heavy atom. The van der Waals surface area contributed by atoms with Gasteiger partial charge in [-0.15, -0.1) is 0 Å². The van der Waals surface area contributed by atoms with Gasteiger partial charge in [0.25, 0.3) is 5.91 Å². The number of fused-ring (bicyclic) bond motifs is 1. The Kier molecular flexibility index (Phi) is 4.28. The van der Waals surface area contributed by atoms with Gasteiger partial charge in [-0.25, -0.2) is 0 Å². The van der Waals surface area contributed by atoms with E-state index in [-0.39, 0.29) is 11.7 Å². The lowest BCUT2D eigenvalue weighted by Crippen LogP contribution is -2.37. The molecule has 0 bridgehead atoms. The zero-order valence-corrected chi connectivity index (χ0v) is 15.8. The fraction of sp³-hybridized carbons (Fsp3) is 0.167. The van der Waals surface area contributed by atoms with Crippen molar-refractivity contribution in [2.75, 3.05) is 10.2 Å². The van der Waals surface area contributed by atoms with E-state index in [9.17, 15) is 9.59 Å². The first kappa shape index (κ1) is 17.5. The molecule has 29 heavy (non-hydrogen) atoms. The van der Waals surface area contributed by atoms with E-state index in [1.54, 1.807) is 29.4 Å². The summed E-state index contributed by atoms with van der Waals surface area (Å²) >= 11 is 0. The molecule has 0 unspecified atom stereocenters. The molecule has 0 radical (unpaired) electrons. The molecule has 0 fully saturated rings. The van der Waals surface area contributed by atoms with Gasteiger partial charge in [0.1, 0.15) is 11.8 Å². The fourth-order valence-corrected chi connectivity index (χ4v) is 4.19. The minimum atomic E-state index is -0.614. The molecule has 1 aliphatic carbocycles. The van der Waals surface area contributed by atoms with Crippen LogP contribution in [0.2, 0.25) is 0 Å². The fourth-order valence-electron chi connectivity index (χ4n) is 4.19. The monoisotopic (exact) mass is 384 g/mol. The summed E-state index contributed by atoms with van der Waals surface area (Å²) in [7, 11) is 0. The van der Waals surface area contributed by atoms with Crippen LogP contribution in [0.5, 0.6) is 0 Å². The van der Waals surface area contributed by atoms with Gasteiger partial charge in [-0.3, -0.25) is 14.5 Å². The maximum Gasteiger partial charge on any atom is 0.259 e. The van der Waals surface area contributed by atoms with E-state index in [1.165, 1.54) is 0 Å². The molecule has 2 heterocycles. The Labute approximate surface area is 168 Å². The van der Waals surface area contributed by atoms with Crippen molar-refractivity contribution in [3.8, 4) is 0 Å². The van der Waals surface area contributed by atoms with Crippen molar-refractivity contribution >= 4 is 23.1 Å². The van der Waals surface area contributed by atoms with Gasteiger partial charge >= 0.3 is 0 Å². The van der Waals surface area contributed by atoms with Crippen molar-refractivity contribution in [1.29, 1.82) is 0 Å². The van der Waals surface area contributed by atoms with E-state index in [0.29, 0.717) is 23.3 Å². The molecule has 1 aromatic heterocycles. The molecule has 0 saturated heterocycles. The van der Waals surface area contributed by atoms with E-state index in [4.69, 9.17) is 4.42 Å². The second-order valence-corrected chi connectivity index (χ2v) is 7.27. The SMILES string of the molecule is O=C1CCCC2=C1[C@H](c1ccco1)N(C(=O)c1ccccc1)c1ccccc1N2. The van der Waals surface area contributed by atoms with Crippen LogP contribution in [0, 0.1) is 0 Å². The standard InChI is InChI=1S/C24H20N2O3/c27-20-13-6-11-18-22(20)23(21-14-7-15-29-21)26(19-12-5-4-10-17(19)25-18)24(28)16-8-2-1-3-9-16/h1-5,7-10,12,14-15,23,25H,6,11,13H2/t23-/m0/s1. The number of benzene rings is 2. The van der Waals surface area contributed by atoms with Gasteiger partial charge in [0, 0.05) is 23.3 Å². The van der Waals surface area contributed by atoms with Gasteiger partial charge in [-0.05, 0) is 49.2 Å². The van der Waals surface area contributed by atoms with Gasteiger partial charge in [0.05, 0.1) is 17.6 Å². The van der Waals surface area contributed by atoms with Gasteiger partial charge in [-0.1, -0.05) is 30.3 Å². The number of Topliss-reactive ketones (excluding diaryl/α,β-unsaturated/α-hetero) is 1. The zero-order chi connectivity index (χ0) is 19.8. The minimum Gasteiger partial charge on any atom is -0.467 e. The Morgan fingerprint density at radius 2 is 1.76 bits per heavy atom. The maximum absolute atomic E-state index is 13.7. The number of rotatable bonds is 2. The number of ketones is 1. The molecule has 0 saturated carbocycles. The van der Waals surface area contributed by atoms with Crippen LogP contribution in [-0.4, -0.2) is 11.7 Å². The Morgan fingerprint density at radius 1 is 0.966 bits per heavy atom. The van der Waals surface area contributed by atoms with E-state index in [2.05, 4.69) is 5.32 Å². The zero-order valence-electron chi connectivity index (χ0n) is 15.8. The number of carbonyl (C=O) groups is 2. The highest BCUT2D eigenvalue weighted by Gasteiger charge is 2.41. The summed E-state index contributed by atoms with van der Waals surface area (Å²) in [4.78, 5) is 28.5. The van der Waals surface area contributed by atoms with E-state index < -0.39 is 6.04 Å². The second-order valence-electron chi connectivity index (χ2n) is 7.27. The summed E-state index contributed by atoms with van der Waals surface area (Å²) in [6, 6.07) is 19.8. The molecule has 1 N–H and O–H groups in total. The summed E-state index contributed by atoms with van der Waals surface area (Å²) < 4.78 is 5.75. The first-order valence-corrected chi connectivity index (χ1v) is 9.78. The average Bonchev–Trinajstić information content (AvgIpc) is 3.23. The van der Waals surface area contributed by atoms with Crippen molar-refractivity contribution in [1.82, 2.24) is 0 Å². The first-order chi connectivity index (χ1) is 14.2.